The summed E-state index contributed by atoms with van der Waals surface area (Å²) in [6.07, 6.45) is 3.25. The quantitative estimate of drug-likeness (QED) is 0.189. The van der Waals surface area contributed by atoms with Crippen LogP contribution in [0.25, 0.3) is 0 Å². The maximum Gasteiger partial charge on any atom is 0.255 e. The minimum absolute atomic E-state index is 0. The number of likely N-dealkylation sites (N-methyl/N-ethyl adjacent to an activating group) is 1. The number of aliphatic hydroxyl groups excluding tert-OH is 2. The predicted octanol–water partition coefficient (Wildman–Crippen LogP) is 1.45. The van der Waals surface area contributed by atoms with Crippen LogP contribution in [0.2, 0.25) is 0 Å². The van der Waals surface area contributed by atoms with Crippen molar-refractivity contribution in [3.63, 3.8) is 0 Å². The molecule has 0 saturated carbocycles. The number of likely N-dealkylation sites (tertiary alicyclic amines) is 1. The number of primary amides is 1. The number of Topliss-reactive ketones (excluding diaryl/α,β-unsaturated/α-hetero) is 2. The van der Waals surface area contributed by atoms with Gasteiger partial charge in [-0.15, -0.1) is 24.8 Å². The average molecular weight is 671 g/mol. The Kier molecular flexibility index (Phi) is 10.6. The van der Waals surface area contributed by atoms with Crippen LogP contribution in [0.3, 0.4) is 0 Å². The highest BCUT2D eigenvalue weighted by atomic mass is 35.5. The molecule has 2 amide bonds. The first kappa shape index (κ1) is 36.1. The van der Waals surface area contributed by atoms with Crippen molar-refractivity contribution in [2.45, 2.75) is 43.7 Å². The molecule has 4 aliphatic rings. The lowest BCUT2D eigenvalue weighted by molar-refractivity contribution is -0.148. The number of fused-ring (bicyclic) bond motifs is 3. The molecule has 1 aromatic carbocycles. The number of piperidine rings is 1. The smallest absolute Gasteiger partial charge is 0.255 e. The van der Waals surface area contributed by atoms with E-state index in [0.717, 1.165) is 32.4 Å². The van der Waals surface area contributed by atoms with Crippen LogP contribution in [-0.4, -0.2) is 113 Å². The molecular weight excluding hydrogens is 629 g/mol. The number of hydrogen-bond acceptors (Lipinski definition) is 11. The molecule has 0 spiro atoms. The average Bonchev–Trinajstić information content (AvgIpc) is 2.92. The molecular formula is C30H41Cl2N5O8. The zero-order valence-electron chi connectivity index (χ0n) is 25.6. The Balaban J connectivity index is 0.00000276. The molecule has 45 heavy (non-hydrogen) atoms. The first-order chi connectivity index (χ1) is 20.2. The van der Waals surface area contributed by atoms with Crippen LogP contribution in [0.5, 0.6) is 5.75 Å². The van der Waals surface area contributed by atoms with E-state index in [4.69, 9.17) is 5.73 Å². The third-order valence-corrected chi connectivity index (χ3v) is 9.27. The van der Waals surface area contributed by atoms with Crippen molar-refractivity contribution in [1.29, 1.82) is 0 Å². The second kappa shape index (κ2) is 13.2. The van der Waals surface area contributed by atoms with E-state index in [9.17, 15) is 39.6 Å². The van der Waals surface area contributed by atoms with Gasteiger partial charge in [-0.2, -0.15) is 0 Å². The molecule has 1 aliphatic heterocycles. The molecule has 0 bridgehead atoms. The van der Waals surface area contributed by atoms with Gasteiger partial charge in [0.2, 0.25) is 11.7 Å². The number of nitrogens with zero attached hydrogens (tertiary/aromatic N) is 3. The van der Waals surface area contributed by atoms with Gasteiger partial charge in [0.1, 0.15) is 17.1 Å². The Hall–Kier alpha value is -3.36. The number of rotatable bonds is 6. The van der Waals surface area contributed by atoms with Gasteiger partial charge in [0, 0.05) is 31.3 Å². The number of phenolic OH excluding ortho intramolecular Hbond substituents is 1. The zero-order valence-corrected chi connectivity index (χ0v) is 27.3. The Morgan fingerprint density at radius 3 is 2.24 bits per heavy atom. The molecule has 1 aromatic rings. The minimum atomic E-state index is -2.72. The Bertz CT molecular complexity index is 1490. The summed E-state index contributed by atoms with van der Waals surface area (Å²) in [5, 5.41) is 48.3. The molecule has 13 nitrogen and oxygen atoms in total. The van der Waals surface area contributed by atoms with Crippen molar-refractivity contribution in [2.75, 3.05) is 58.0 Å². The summed E-state index contributed by atoms with van der Waals surface area (Å²) < 4.78 is 0. The molecule has 2 unspecified atom stereocenters. The summed E-state index contributed by atoms with van der Waals surface area (Å²) in [6.45, 7) is 1.71. The summed E-state index contributed by atoms with van der Waals surface area (Å²) in [5.41, 5.74) is 2.48. The number of amides is 2. The standard InChI is InChI=1S/C30H39N5O8.2ClH/c1-33(2)18-12-17(32-19(36)13-35-8-6-5-7-9-35)24(37)21-15(18)10-14-11-16-23(34(3)4)26(39)22(29(31)42)28(41)30(16,43)27(40)20(14)25(21)38;;/h12,14,16,23,37,39-40,43H,5-11,13H2,1-4H3,(H2,31,42)(H,32,36);2*1H/t14?,16?,23-,30-;;/m0../s1. The molecule has 0 aromatic heterocycles. The normalized spacial score (nSPS) is 26.3. The van der Waals surface area contributed by atoms with Gasteiger partial charge in [-0.3, -0.25) is 29.0 Å². The summed E-state index contributed by atoms with van der Waals surface area (Å²) in [6, 6.07) is 0.536. The van der Waals surface area contributed by atoms with Crippen LogP contribution in [0.4, 0.5) is 11.4 Å². The van der Waals surface area contributed by atoms with Gasteiger partial charge in [-0.25, -0.2) is 0 Å². The van der Waals surface area contributed by atoms with Crippen molar-refractivity contribution in [2.24, 2.45) is 17.6 Å². The number of benzene rings is 1. The number of aliphatic hydroxyl groups is 3. The maximum absolute atomic E-state index is 14.1. The summed E-state index contributed by atoms with van der Waals surface area (Å²) >= 11 is 0. The maximum atomic E-state index is 14.1. The number of allylic oxidation sites excluding steroid dienone is 1. The second-order valence-electron chi connectivity index (χ2n) is 12.4. The molecule has 5 rings (SSSR count). The van der Waals surface area contributed by atoms with Crippen LogP contribution in [0.15, 0.2) is 28.7 Å². The van der Waals surface area contributed by atoms with Crippen LogP contribution in [0.1, 0.15) is 41.6 Å². The highest BCUT2D eigenvalue weighted by Crippen LogP contribution is 2.53. The van der Waals surface area contributed by atoms with Crippen LogP contribution < -0.4 is 16.0 Å². The molecule has 3 aliphatic carbocycles. The molecule has 15 heteroatoms. The molecule has 1 saturated heterocycles. The lowest BCUT2D eigenvalue weighted by Crippen LogP contribution is -2.63. The lowest BCUT2D eigenvalue weighted by atomic mass is 9.58. The van der Waals surface area contributed by atoms with Crippen LogP contribution in [0, 0.1) is 11.8 Å². The first-order valence-corrected chi connectivity index (χ1v) is 14.4. The van der Waals surface area contributed by atoms with E-state index in [1.165, 1.54) is 4.90 Å². The fraction of sp³-hybridized carbons (Fsp3) is 0.533. The zero-order chi connectivity index (χ0) is 31.5. The highest BCUT2D eigenvalue weighted by molar-refractivity contribution is 6.25. The summed E-state index contributed by atoms with van der Waals surface area (Å²) in [7, 11) is 6.68. The fourth-order valence-corrected chi connectivity index (χ4v) is 7.30. The molecule has 0 radical (unpaired) electrons. The molecule has 7 N–H and O–H groups in total. The van der Waals surface area contributed by atoms with Crippen molar-refractivity contribution >= 4 is 59.6 Å². The molecule has 4 atom stereocenters. The van der Waals surface area contributed by atoms with Gasteiger partial charge in [-0.05, 0) is 70.4 Å². The van der Waals surface area contributed by atoms with Crippen molar-refractivity contribution in [1.82, 2.24) is 9.80 Å². The number of carbonyl (C=O) groups excluding carboxylic acids is 4. The largest absolute Gasteiger partial charge is 0.510 e. The Labute approximate surface area is 273 Å². The number of halogens is 2. The van der Waals surface area contributed by atoms with Gasteiger partial charge >= 0.3 is 0 Å². The fourth-order valence-electron chi connectivity index (χ4n) is 7.30. The highest BCUT2D eigenvalue weighted by Gasteiger charge is 2.63. The predicted molar refractivity (Wildman–Crippen MR) is 171 cm³/mol. The van der Waals surface area contributed by atoms with Crippen molar-refractivity contribution in [3.05, 3.63) is 39.9 Å². The number of nitrogens with one attached hydrogen (secondary N) is 1. The summed E-state index contributed by atoms with van der Waals surface area (Å²) in [4.78, 5) is 58.0. The first-order valence-electron chi connectivity index (χ1n) is 14.4. The van der Waals surface area contributed by atoms with Gasteiger partial charge in [-0.1, -0.05) is 6.42 Å². The second-order valence-corrected chi connectivity index (χ2v) is 12.4. The minimum Gasteiger partial charge on any atom is -0.510 e. The Morgan fingerprint density at radius 1 is 1.07 bits per heavy atom. The van der Waals surface area contributed by atoms with Crippen LogP contribution >= 0.6 is 24.8 Å². The summed E-state index contributed by atoms with van der Waals surface area (Å²) in [5.74, 6) is -7.57. The van der Waals surface area contributed by atoms with E-state index < -0.39 is 63.8 Å². The number of phenols is 1. The number of anilines is 2. The number of aromatic hydroxyl groups is 1. The van der Waals surface area contributed by atoms with Crippen molar-refractivity contribution < 1.29 is 39.6 Å². The topological polar surface area (TPSA) is 197 Å². The van der Waals surface area contributed by atoms with Crippen LogP contribution in [-0.2, 0) is 20.8 Å². The number of hydrogen-bond donors (Lipinski definition) is 6. The van der Waals surface area contributed by atoms with E-state index in [1.54, 1.807) is 39.2 Å². The number of nitrogens with two attached hydrogens (primary N) is 1. The number of carbonyl (C=O) groups is 4. The van der Waals surface area contributed by atoms with Gasteiger partial charge < -0.3 is 36.4 Å². The Morgan fingerprint density at radius 2 is 1.69 bits per heavy atom. The monoisotopic (exact) mass is 669 g/mol. The van der Waals surface area contributed by atoms with Gasteiger partial charge in [0.25, 0.3) is 5.91 Å². The van der Waals surface area contributed by atoms with E-state index in [2.05, 4.69) is 5.32 Å². The van der Waals surface area contributed by atoms with Gasteiger partial charge in [0.05, 0.1) is 23.8 Å². The third kappa shape index (κ3) is 5.76. The van der Waals surface area contributed by atoms with E-state index >= 15 is 0 Å². The molecule has 1 heterocycles. The number of ketones is 2. The lowest BCUT2D eigenvalue weighted by Gasteiger charge is -2.50. The van der Waals surface area contributed by atoms with Gasteiger partial charge in [0.15, 0.2) is 17.1 Å². The van der Waals surface area contributed by atoms with E-state index in [1.807, 2.05) is 4.90 Å². The third-order valence-electron chi connectivity index (χ3n) is 9.27. The van der Waals surface area contributed by atoms with Crippen molar-refractivity contribution in [3.8, 4) is 5.75 Å². The SMILES string of the molecule is CN(C)c1cc(NC(=O)CN2CCCCC2)c(O)c2c1CC1CC3[C@H](N(C)C)C(O)=C(C(N)=O)C(=O)[C@@]3(O)C(O)=C1C2=O.Cl.Cl. The molecule has 1 fully saturated rings. The van der Waals surface area contributed by atoms with E-state index in [0.29, 0.717) is 11.3 Å². The van der Waals surface area contributed by atoms with E-state index in [-0.39, 0.29) is 66.9 Å². The molecule has 248 valence electrons.